The van der Waals surface area contributed by atoms with Gasteiger partial charge < -0.3 is 0 Å². The fraction of sp³-hybridized carbons (Fsp3) is 0.0714. The van der Waals surface area contributed by atoms with E-state index in [2.05, 4.69) is 17.4 Å². The predicted octanol–water partition coefficient (Wildman–Crippen LogP) is 3.10. The molecule has 0 bridgehead atoms. The normalized spacial score (nSPS) is 11.2. The maximum absolute atomic E-state index is 3.24. The largest absolute Gasteiger partial charge is 0.247 e. The third-order valence-electron chi connectivity index (χ3n) is 2.36. The topological polar surface area (TPSA) is 15.0 Å². The molecule has 0 aromatic heterocycles. The molecule has 2 rings (SSSR count). The zero-order chi connectivity index (χ0) is 11.2. The Morgan fingerprint density at radius 1 is 0.875 bits per heavy atom. The SMILES string of the molecule is C[N+](=CNc1ccccc1)c1ccccc1. The molecule has 0 aliphatic rings. The van der Waals surface area contributed by atoms with Gasteiger partial charge in [0, 0.05) is 0 Å². The molecule has 0 radical (unpaired) electrons. The van der Waals surface area contributed by atoms with E-state index in [1.807, 2.05) is 66.5 Å². The molecule has 16 heavy (non-hydrogen) atoms. The van der Waals surface area contributed by atoms with Crippen LogP contribution in [0.5, 0.6) is 0 Å². The highest BCUT2D eigenvalue weighted by Crippen LogP contribution is 2.08. The summed E-state index contributed by atoms with van der Waals surface area (Å²) in [4.78, 5) is 0. The molecule has 2 heteroatoms. The summed E-state index contributed by atoms with van der Waals surface area (Å²) in [5, 5.41) is 3.24. The van der Waals surface area contributed by atoms with E-state index in [0.29, 0.717) is 0 Å². The number of benzene rings is 2. The second-order valence-electron chi connectivity index (χ2n) is 3.59. The third kappa shape index (κ3) is 2.70. The second kappa shape index (κ2) is 5.12. The molecular weight excluding hydrogens is 196 g/mol. The summed E-state index contributed by atoms with van der Waals surface area (Å²) in [7, 11) is 2.02. The van der Waals surface area contributed by atoms with Crippen LogP contribution in [0.15, 0.2) is 60.7 Å². The summed E-state index contributed by atoms with van der Waals surface area (Å²) in [5.41, 5.74) is 2.25. The molecule has 0 heterocycles. The van der Waals surface area contributed by atoms with Gasteiger partial charge in [-0.1, -0.05) is 36.4 Å². The van der Waals surface area contributed by atoms with Crippen molar-refractivity contribution in [3.05, 3.63) is 60.7 Å². The van der Waals surface area contributed by atoms with E-state index < -0.39 is 0 Å². The standard InChI is InChI=1S/C14H14N2/c1-16(14-10-6-3-7-11-14)12-15-13-8-4-2-5-9-13/h2-12H,1H3/p+1. The Bertz CT molecular complexity index is 461. The summed E-state index contributed by atoms with van der Waals surface area (Å²) in [6, 6.07) is 20.3. The Balaban J connectivity index is 2.09. The molecule has 1 N–H and O–H groups in total. The van der Waals surface area contributed by atoms with Gasteiger partial charge in [0.1, 0.15) is 11.4 Å². The van der Waals surface area contributed by atoms with Crippen molar-refractivity contribution in [2.24, 2.45) is 0 Å². The monoisotopic (exact) mass is 211 g/mol. The molecule has 0 aliphatic carbocycles. The van der Waals surface area contributed by atoms with Crippen LogP contribution in [0.1, 0.15) is 0 Å². The minimum Gasteiger partial charge on any atom is -0.247 e. The van der Waals surface area contributed by atoms with Crippen LogP contribution in [0, 0.1) is 0 Å². The van der Waals surface area contributed by atoms with Crippen LogP contribution in [0.3, 0.4) is 0 Å². The number of hydrogen-bond acceptors (Lipinski definition) is 0. The molecule has 0 saturated carbocycles. The summed E-state index contributed by atoms with van der Waals surface area (Å²) < 4.78 is 2.05. The maximum atomic E-state index is 3.24. The lowest BCUT2D eigenvalue weighted by Gasteiger charge is -1.99. The number of rotatable bonds is 3. The Kier molecular flexibility index (Phi) is 3.34. The van der Waals surface area contributed by atoms with E-state index in [1.54, 1.807) is 0 Å². The van der Waals surface area contributed by atoms with Crippen molar-refractivity contribution in [1.29, 1.82) is 0 Å². The number of para-hydroxylation sites is 2. The second-order valence-corrected chi connectivity index (χ2v) is 3.59. The number of hydrogen-bond donors (Lipinski definition) is 1. The van der Waals surface area contributed by atoms with Gasteiger partial charge in [-0.2, -0.15) is 0 Å². The first-order valence-corrected chi connectivity index (χ1v) is 5.29. The summed E-state index contributed by atoms with van der Waals surface area (Å²) >= 11 is 0. The molecule has 0 saturated heterocycles. The molecule has 0 amide bonds. The molecule has 0 fully saturated rings. The van der Waals surface area contributed by atoms with E-state index in [4.69, 9.17) is 0 Å². The highest BCUT2D eigenvalue weighted by Gasteiger charge is 1.97. The Hall–Kier alpha value is -2.09. The van der Waals surface area contributed by atoms with Gasteiger partial charge >= 0.3 is 0 Å². The van der Waals surface area contributed by atoms with Gasteiger partial charge in [-0.25, -0.2) is 9.89 Å². The van der Waals surface area contributed by atoms with Gasteiger partial charge in [-0.15, -0.1) is 0 Å². The minimum atomic E-state index is 1.09. The Morgan fingerprint density at radius 2 is 1.44 bits per heavy atom. The molecule has 0 spiro atoms. The lowest BCUT2D eigenvalue weighted by Crippen LogP contribution is -2.07. The maximum Gasteiger partial charge on any atom is 0.242 e. The van der Waals surface area contributed by atoms with Crippen molar-refractivity contribution in [2.45, 2.75) is 0 Å². The van der Waals surface area contributed by atoms with Crippen LogP contribution < -0.4 is 5.32 Å². The van der Waals surface area contributed by atoms with Crippen molar-refractivity contribution in [2.75, 3.05) is 12.4 Å². The zero-order valence-corrected chi connectivity index (χ0v) is 9.30. The van der Waals surface area contributed by atoms with Crippen LogP contribution in [-0.2, 0) is 0 Å². The molecule has 2 nitrogen and oxygen atoms in total. The van der Waals surface area contributed by atoms with Crippen LogP contribution in [0.25, 0.3) is 0 Å². The Labute approximate surface area is 95.9 Å². The Morgan fingerprint density at radius 3 is 2.06 bits per heavy atom. The quantitative estimate of drug-likeness (QED) is 0.468. The third-order valence-corrected chi connectivity index (χ3v) is 2.36. The summed E-state index contributed by atoms with van der Waals surface area (Å²) in [5.74, 6) is 0. The van der Waals surface area contributed by atoms with E-state index in [-0.39, 0.29) is 0 Å². The van der Waals surface area contributed by atoms with Gasteiger partial charge in [0.15, 0.2) is 0 Å². The van der Waals surface area contributed by atoms with Crippen molar-refractivity contribution < 1.29 is 4.58 Å². The highest BCUT2D eigenvalue weighted by molar-refractivity contribution is 5.72. The number of nitrogens with zero attached hydrogens (tertiary/aromatic N) is 1. The van der Waals surface area contributed by atoms with Gasteiger partial charge in [-0.3, -0.25) is 0 Å². The van der Waals surface area contributed by atoms with Crippen LogP contribution >= 0.6 is 0 Å². The lowest BCUT2D eigenvalue weighted by molar-refractivity contribution is -0.399. The van der Waals surface area contributed by atoms with E-state index in [1.165, 1.54) is 0 Å². The molecule has 0 atom stereocenters. The zero-order valence-electron chi connectivity index (χ0n) is 9.30. The van der Waals surface area contributed by atoms with Gasteiger partial charge in [0.05, 0.1) is 7.05 Å². The van der Waals surface area contributed by atoms with Crippen molar-refractivity contribution in [3.63, 3.8) is 0 Å². The molecule has 2 aromatic carbocycles. The first-order valence-electron chi connectivity index (χ1n) is 5.29. The molecule has 0 unspecified atom stereocenters. The first kappa shape index (κ1) is 10.4. The number of anilines is 1. The van der Waals surface area contributed by atoms with E-state index in [9.17, 15) is 0 Å². The first-order chi connectivity index (χ1) is 7.86. The van der Waals surface area contributed by atoms with Gasteiger partial charge in [0.2, 0.25) is 6.34 Å². The average molecular weight is 211 g/mol. The van der Waals surface area contributed by atoms with Crippen molar-refractivity contribution >= 4 is 17.7 Å². The molecule has 2 aromatic rings. The fourth-order valence-electron chi connectivity index (χ4n) is 1.44. The highest BCUT2D eigenvalue weighted by atomic mass is 15.1. The summed E-state index contributed by atoms with van der Waals surface area (Å²) in [6.45, 7) is 0. The van der Waals surface area contributed by atoms with Crippen LogP contribution in [0.2, 0.25) is 0 Å². The van der Waals surface area contributed by atoms with Gasteiger partial charge in [0.25, 0.3) is 0 Å². The smallest absolute Gasteiger partial charge is 0.242 e. The minimum absolute atomic E-state index is 1.09. The van der Waals surface area contributed by atoms with Crippen molar-refractivity contribution in [1.82, 2.24) is 0 Å². The van der Waals surface area contributed by atoms with Crippen LogP contribution in [-0.4, -0.2) is 18.0 Å². The fourth-order valence-corrected chi connectivity index (χ4v) is 1.44. The van der Waals surface area contributed by atoms with E-state index >= 15 is 0 Å². The molecule has 0 aliphatic heterocycles. The average Bonchev–Trinajstić information content (AvgIpc) is 2.38. The molecule has 80 valence electrons. The van der Waals surface area contributed by atoms with Gasteiger partial charge in [-0.05, 0) is 24.3 Å². The summed E-state index contributed by atoms with van der Waals surface area (Å²) in [6.07, 6.45) is 1.95. The number of nitrogens with one attached hydrogen (secondary N) is 1. The predicted molar refractivity (Wildman–Crippen MR) is 68.4 cm³/mol. The lowest BCUT2D eigenvalue weighted by atomic mass is 10.3. The van der Waals surface area contributed by atoms with E-state index in [0.717, 1.165) is 11.4 Å². The molecular formula is C14H15N2+. The van der Waals surface area contributed by atoms with Crippen molar-refractivity contribution in [3.8, 4) is 0 Å². The van der Waals surface area contributed by atoms with Crippen LogP contribution in [0.4, 0.5) is 11.4 Å².